The monoisotopic (exact) mass is 265 g/mol. The first-order chi connectivity index (χ1) is 8.58. The van der Waals surface area contributed by atoms with Crippen LogP contribution in [0, 0.1) is 13.8 Å². The van der Waals surface area contributed by atoms with E-state index in [0.717, 1.165) is 15.6 Å². The van der Waals surface area contributed by atoms with Crippen LogP contribution in [-0.4, -0.2) is 22.1 Å². The van der Waals surface area contributed by atoms with Crippen molar-refractivity contribution in [3.8, 4) is 5.88 Å². The molecule has 96 valence electrons. The molecule has 0 fully saturated rings. The summed E-state index contributed by atoms with van der Waals surface area (Å²) < 4.78 is 11.0. The van der Waals surface area contributed by atoms with Crippen LogP contribution in [-0.2, 0) is 4.79 Å². The van der Waals surface area contributed by atoms with Crippen LogP contribution in [0.5, 0.6) is 5.88 Å². The SMILES string of the molecule is Cc1cc(C)c2c(OCCCC(=O)O)nsc2c1. The fourth-order valence-electron chi connectivity index (χ4n) is 1.90. The van der Waals surface area contributed by atoms with E-state index in [1.165, 1.54) is 17.1 Å². The molecular weight excluding hydrogens is 250 g/mol. The van der Waals surface area contributed by atoms with Crippen LogP contribution < -0.4 is 4.74 Å². The van der Waals surface area contributed by atoms with Crippen molar-refractivity contribution in [1.29, 1.82) is 0 Å². The zero-order chi connectivity index (χ0) is 13.1. The van der Waals surface area contributed by atoms with Crippen LogP contribution in [0.4, 0.5) is 0 Å². The smallest absolute Gasteiger partial charge is 0.303 e. The van der Waals surface area contributed by atoms with Crippen molar-refractivity contribution in [2.45, 2.75) is 26.7 Å². The van der Waals surface area contributed by atoms with E-state index in [1.54, 1.807) is 0 Å². The number of rotatable bonds is 5. The van der Waals surface area contributed by atoms with E-state index >= 15 is 0 Å². The Balaban J connectivity index is 2.12. The van der Waals surface area contributed by atoms with Gasteiger partial charge in [-0.25, -0.2) is 0 Å². The second-order valence-corrected chi connectivity index (χ2v) is 5.09. The van der Waals surface area contributed by atoms with Gasteiger partial charge in [0.1, 0.15) is 0 Å². The third-order valence-electron chi connectivity index (χ3n) is 2.66. The maximum atomic E-state index is 10.4. The molecule has 0 radical (unpaired) electrons. The minimum atomic E-state index is -0.798. The van der Waals surface area contributed by atoms with Gasteiger partial charge in [-0.3, -0.25) is 4.79 Å². The summed E-state index contributed by atoms with van der Waals surface area (Å²) >= 11 is 1.42. The van der Waals surface area contributed by atoms with Gasteiger partial charge in [0.25, 0.3) is 0 Å². The second kappa shape index (κ2) is 5.35. The Hall–Kier alpha value is -1.62. The predicted molar refractivity (Wildman–Crippen MR) is 71.5 cm³/mol. The summed E-state index contributed by atoms with van der Waals surface area (Å²) in [6.07, 6.45) is 0.624. The summed E-state index contributed by atoms with van der Waals surface area (Å²) in [5.41, 5.74) is 2.35. The zero-order valence-corrected chi connectivity index (χ0v) is 11.2. The van der Waals surface area contributed by atoms with Gasteiger partial charge in [-0.1, -0.05) is 6.07 Å². The summed E-state index contributed by atoms with van der Waals surface area (Å²) in [5.74, 6) is -0.175. The van der Waals surface area contributed by atoms with Crippen LogP contribution in [0.1, 0.15) is 24.0 Å². The molecule has 1 aromatic carbocycles. The van der Waals surface area contributed by atoms with Crippen molar-refractivity contribution in [1.82, 2.24) is 4.37 Å². The third kappa shape index (κ3) is 2.79. The van der Waals surface area contributed by atoms with Gasteiger partial charge in [-0.05, 0) is 49.0 Å². The Labute approximate surface area is 109 Å². The number of ether oxygens (including phenoxy) is 1. The van der Waals surface area contributed by atoms with Gasteiger partial charge >= 0.3 is 5.97 Å². The van der Waals surface area contributed by atoms with Crippen LogP contribution in [0.3, 0.4) is 0 Å². The van der Waals surface area contributed by atoms with Gasteiger partial charge in [-0.15, -0.1) is 0 Å². The van der Waals surface area contributed by atoms with Crippen molar-refractivity contribution in [2.24, 2.45) is 0 Å². The minimum absolute atomic E-state index is 0.125. The molecule has 5 heteroatoms. The maximum absolute atomic E-state index is 10.4. The van der Waals surface area contributed by atoms with E-state index < -0.39 is 5.97 Å². The summed E-state index contributed by atoms with van der Waals surface area (Å²) in [5, 5.41) is 9.59. The zero-order valence-electron chi connectivity index (χ0n) is 10.4. The van der Waals surface area contributed by atoms with E-state index in [1.807, 2.05) is 6.92 Å². The summed E-state index contributed by atoms with van der Waals surface area (Å²) in [4.78, 5) is 10.4. The molecule has 0 saturated heterocycles. The first-order valence-electron chi connectivity index (χ1n) is 5.79. The fraction of sp³-hybridized carbons (Fsp3) is 0.385. The number of aliphatic carboxylic acids is 1. The van der Waals surface area contributed by atoms with Crippen molar-refractivity contribution in [3.05, 3.63) is 23.3 Å². The molecule has 0 atom stereocenters. The van der Waals surface area contributed by atoms with Crippen LogP contribution >= 0.6 is 11.5 Å². The number of carboxylic acids is 1. The predicted octanol–water partition coefficient (Wildman–Crippen LogP) is 3.16. The molecule has 1 N–H and O–H groups in total. The van der Waals surface area contributed by atoms with E-state index in [4.69, 9.17) is 9.84 Å². The molecule has 18 heavy (non-hydrogen) atoms. The lowest BCUT2D eigenvalue weighted by molar-refractivity contribution is -0.137. The third-order valence-corrected chi connectivity index (χ3v) is 3.43. The highest BCUT2D eigenvalue weighted by Crippen LogP contribution is 2.32. The van der Waals surface area contributed by atoms with Crippen LogP contribution in [0.25, 0.3) is 10.1 Å². The van der Waals surface area contributed by atoms with Gasteiger partial charge in [0.05, 0.1) is 16.7 Å². The Morgan fingerprint density at radius 1 is 1.44 bits per heavy atom. The average molecular weight is 265 g/mol. The molecule has 0 aliphatic carbocycles. The number of hydrogen-bond acceptors (Lipinski definition) is 4. The van der Waals surface area contributed by atoms with E-state index in [0.29, 0.717) is 18.9 Å². The van der Waals surface area contributed by atoms with Gasteiger partial charge in [-0.2, -0.15) is 4.37 Å². The fourth-order valence-corrected chi connectivity index (χ4v) is 2.81. The maximum Gasteiger partial charge on any atom is 0.303 e. The molecule has 0 aliphatic rings. The highest BCUT2D eigenvalue weighted by atomic mass is 32.1. The van der Waals surface area contributed by atoms with Gasteiger partial charge in [0.2, 0.25) is 5.88 Å². The number of benzene rings is 1. The number of nitrogens with zero attached hydrogens (tertiary/aromatic N) is 1. The van der Waals surface area contributed by atoms with Crippen molar-refractivity contribution in [2.75, 3.05) is 6.61 Å². The molecule has 0 aliphatic heterocycles. The van der Waals surface area contributed by atoms with Crippen molar-refractivity contribution < 1.29 is 14.6 Å². The highest BCUT2D eigenvalue weighted by Gasteiger charge is 2.10. The molecule has 0 spiro atoms. The largest absolute Gasteiger partial charge is 0.481 e. The molecule has 1 aromatic heterocycles. The second-order valence-electron chi connectivity index (χ2n) is 4.29. The minimum Gasteiger partial charge on any atom is -0.481 e. The van der Waals surface area contributed by atoms with Gasteiger partial charge < -0.3 is 9.84 Å². The number of carboxylic acid groups (broad SMARTS) is 1. The topological polar surface area (TPSA) is 59.4 Å². The van der Waals surface area contributed by atoms with E-state index in [2.05, 4.69) is 23.4 Å². The molecule has 0 saturated carbocycles. The number of hydrogen-bond donors (Lipinski definition) is 1. The quantitative estimate of drug-likeness (QED) is 0.844. The molecular formula is C13H15NO3S. The molecule has 0 bridgehead atoms. The lowest BCUT2D eigenvalue weighted by atomic mass is 10.1. The molecule has 2 rings (SSSR count). The Bertz CT molecular complexity index is 577. The summed E-state index contributed by atoms with van der Waals surface area (Å²) in [6, 6.07) is 4.19. The van der Waals surface area contributed by atoms with Gasteiger partial charge in [0, 0.05) is 6.42 Å². The lowest BCUT2D eigenvalue weighted by Crippen LogP contribution is -2.02. The summed E-state index contributed by atoms with van der Waals surface area (Å²) in [7, 11) is 0. The number of carbonyl (C=O) groups is 1. The number of fused-ring (bicyclic) bond motifs is 1. The highest BCUT2D eigenvalue weighted by molar-refractivity contribution is 7.13. The molecule has 4 nitrogen and oxygen atoms in total. The summed E-state index contributed by atoms with van der Waals surface area (Å²) in [6.45, 7) is 4.48. The van der Waals surface area contributed by atoms with Crippen molar-refractivity contribution >= 4 is 27.6 Å². The Morgan fingerprint density at radius 3 is 2.94 bits per heavy atom. The van der Waals surface area contributed by atoms with Crippen LogP contribution in [0.2, 0.25) is 0 Å². The Morgan fingerprint density at radius 2 is 2.22 bits per heavy atom. The van der Waals surface area contributed by atoms with Crippen LogP contribution in [0.15, 0.2) is 12.1 Å². The normalized spacial score (nSPS) is 10.8. The van der Waals surface area contributed by atoms with E-state index in [-0.39, 0.29) is 6.42 Å². The van der Waals surface area contributed by atoms with Crippen molar-refractivity contribution in [3.63, 3.8) is 0 Å². The molecule has 0 unspecified atom stereocenters. The molecule has 1 heterocycles. The Kier molecular flexibility index (Phi) is 3.81. The number of aryl methyl sites for hydroxylation is 2. The number of aromatic nitrogens is 1. The average Bonchev–Trinajstić information content (AvgIpc) is 2.67. The molecule has 2 aromatic rings. The standard InChI is InChI=1S/C13H15NO3S/c1-8-6-9(2)12-10(7-8)18-14-13(12)17-5-3-4-11(15)16/h6-7H,3-5H2,1-2H3,(H,15,16). The first kappa shape index (κ1) is 12.8. The van der Waals surface area contributed by atoms with Gasteiger partial charge in [0.15, 0.2) is 0 Å². The first-order valence-corrected chi connectivity index (χ1v) is 6.56. The van der Waals surface area contributed by atoms with E-state index in [9.17, 15) is 4.79 Å². The molecule has 0 amide bonds. The lowest BCUT2D eigenvalue weighted by Gasteiger charge is -2.04.